The van der Waals surface area contributed by atoms with Gasteiger partial charge in [0.05, 0.1) is 11.0 Å². The van der Waals surface area contributed by atoms with E-state index >= 15 is 0 Å². The third-order valence-electron chi connectivity index (χ3n) is 5.65. The van der Waals surface area contributed by atoms with Crippen LogP contribution in [0.3, 0.4) is 0 Å². The van der Waals surface area contributed by atoms with E-state index in [4.69, 9.17) is 9.47 Å². The van der Waals surface area contributed by atoms with Crippen molar-refractivity contribution in [2.45, 2.75) is 25.4 Å². The summed E-state index contributed by atoms with van der Waals surface area (Å²) in [5, 5.41) is 16.4. The number of urea groups is 1. The fraction of sp³-hybridized carbons (Fsp3) is 0.318. The normalized spacial score (nSPS) is 20.2. The number of ether oxygens (including phenoxy) is 2. The van der Waals surface area contributed by atoms with Crippen LogP contribution in [0.1, 0.15) is 31.0 Å². The number of carbonyl (C=O) groups excluding carboxylic acids is 3. The Balaban J connectivity index is 1.45. The molecule has 2 aliphatic heterocycles. The molecule has 2 aliphatic rings. The zero-order valence-electron chi connectivity index (χ0n) is 18.0. The summed E-state index contributed by atoms with van der Waals surface area (Å²) in [6, 6.07) is 9.62. The number of benzene rings is 2. The Kier molecular flexibility index (Phi) is 5.62. The fourth-order valence-corrected chi connectivity index (χ4v) is 3.81. The van der Waals surface area contributed by atoms with E-state index in [0.29, 0.717) is 24.7 Å². The summed E-state index contributed by atoms with van der Waals surface area (Å²) >= 11 is 0. The smallest absolute Gasteiger partial charge is 0.325 e. The van der Waals surface area contributed by atoms with Crippen LogP contribution in [0.5, 0.6) is 11.5 Å². The van der Waals surface area contributed by atoms with E-state index in [9.17, 15) is 24.5 Å². The van der Waals surface area contributed by atoms with Crippen LogP contribution in [-0.4, -0.2) is 47.4 Å². The predicted octanol–water partition coefficient (Wildman–Crippen LogP) is 2.01. The van der Waals surface area contributed by atoms with Crippen LogP contribution in [0.15, 0.2) is 42.5 Å². The van der Waals surface area contributed by atoms with Crippen LogP contribution in [-0.2, 0) is 15.1 Å². The number of nitro benzene ring substituents is 1. The zero-order valence-corrected chi connectivity index (χ0v) is 18.0. The summed E-state index contributed by atoms with van der Waals surface area (Å²) in [6.45, 7) is 3.63. The van der Waals surface area contributed by atoms with Gasteiger partial charge in [-0.25, -0.2) is 4.79 Å². The third kappa shape index (κ3) is 4.16. The summed E-state index contributed by atoms with van der Waals surface area (Å²) in [6.07, 6.45) is 0. The average molecular weight is 454 g/mol. The summed E-state index contributed by atoms with van der Waals surface area (Å²) in [5.74, 6) is 0.00396. The largest absolute Gasteiger partial charge is 0.486 e. The number of imide groups is 1. The number of hydrogen-bond acceptors (Lipinski definition) is 7. The van der Waals surface area contributed by atoms with Gasteiger partial charge < -0.3 is 20.1 Å². The Morgan fingerprint density at radius 2 is 1.94 bits per heavy atom. The maximum atomic E-state index is 13.0. The van der Waals surface area contributed by atoms with E-state index in [1.165, 1.54) is 31.2 Å². The molecule has 0 radical (unpaired) electrons. The van der Waals surface area contributed by atoms with Crippen molar-refractivity contribution >= 4 is 23.5 Å². The maximum Gasteiger partial charge on any atom is 0.325 e. The highest BCUT2D eigenvalue weighted by molar-refractivity contribution is 6.09. The molecule has 0 spiro atoms. The van der Waals surface area contributed by atoms with Crippen molar-refractivity contribution < 1.29 is 28.8 Å². The number of hydrogen-bond donors (Lipinski definition) is 2. The van der Waals surface area contributed by atoms with E-state index in [-0.39, 0.29) is 11.3 Å². The highest BCUT2D eigenvalue weighted by Gasteiger charge is 2.49. The number of fused-ring (bicyclic) bond motifs is 1. The first-order chi connectivity index (χ1) is 15.7. The molecular weight excluding hydrogens is 432 g/mol. The number of non-ortho nitro benzene ring substituents is 1. The number of carbonyl (C=O) groups is 3. The minimum Gasteiger partial charge on any atom is -0.486 e. The second-order valence-corrected chi connectivity index (χ2v) is 7.95. The molecule has 0 saturated carbocycles. The quantitative estimate of drug-likeness (QED) is 0.386. The minimum absolute atomic E-state index is 0.208. The van der Waals surface area contributed by atoms with Gasteiger partial charge in [-0.2, -0.15) is 0 Å². The van der Waals surface area contributed by atoms with Crippen molar-refractivity contribution in [3.63, 3.8) is 0 Å². The lowest BCUT2D eigenvalue weighted by molar-refractivity contribution is -0.385. The summed E-state index contributed by atoms with van der Waals surface area (Å²) < 4.78 is 11.0. The number of nitrogens with zero attached hydrogens (tertiary/aromatic N) is 2. The molecule has 2 atom stereocenters. The summed E-state index contributed by atoms with van der Waals surface area (Å²) in [7, 11) is 0. The molecule has 172 valence electrons. The zero-order chi connectivity index (χ0) is 23.8. The van der Waals surface area contributed by atoms with E-state index in [1.807, 2.05) is 0 Å². The number of nitrogens with one attached hydrogen (secondary N) is 2. The predicted molar refractivity (Wildman–Crippen MR) is 115 cm³/mol. The molecule has 2 aromatic carbocycles. The first kappa shape index (κ1) is 22.1. The van der Waals surface area contributed by atoms with Crippen molar-refractivity contribution in [3.8, 4) is 11.5 Å². The molecule has 0 aliphatic carbocycles. The van der Waals surface area contributed by atoms with Crippen molar-refractivity contribution in [2.75, 3.05) is 19.8 Å². The summed E-state index contributed by atoms with van der Waals surface area (Å²) in [4.78, 5) is 49.4. The maximum absolute atomic E-state index is 13.0. The lowest BCUT2D eigenvalue weighted by atomic mass is 9.91. The monoisotopic (exact) mass is 454 g/mol. The van der Waals surface area contributed by atoms with Gasteiger partial charge >= 0.3 is 6.03 Å². The van der Waals surface area contributed by atoms with Crippen LogP contribution in [0, 0.1) is 10.1 Å². The minimum atomic E-state index is -1.52. The second-order valence-electron chi connectivity index (χ2n) is 7.95. The molecule has 4 amide bonds. The van der Waals surface area contributed by atoms with E-state index < -0.39 is 40.9 Å². The van der Waals surface area contributed by atoms with E-state index in [1.54, 1.807) is 25.1 Å². The molecule has 11 nitrogen and oxygen atoms in total. The Hall–Kier alpha value is -4.15. The molecule has 11 heteroatoms. The highest BCUT2D eigenvalue weighted by Crippen LogP contribution is 2.33. The molecule has 0 bridgehead atoms. The van der Waals surface area contributed by atoms with Crippen molar-refractivity contribution in [1.29, 1.82) is 0 Å². The summed E-state index contributed by atoms with van der Waals surface area (Å²) in [5.41, 5.74) is -0.709. The topological polar surface area (TPSA) is 140 Å². The molecule has 1 fully saturated rings. The van der Waals surface area contributed by atoms with Gasteiger partial charge in [-0.05, 0) is 37.1 Å². The van der Waals surface area contributed by atoms with Gasteiger partial charge in [0.2, 0.25) is 5.91 Å². The van der Waals surface area contributed by atoms with E-state index in [2.05, 4.69) is 10.6 Å². The molecule has 0 aromatic heterocycles. The Bertz CT molecular complexity index is 1150. The van der Waals surface area contributed by atoms with Crippen LogP contribution in [0.4, 0.5) is 10.5 Å². The van der Waals surface area contributed by atoms with Gasteiger partial charge in [-0.1, -0.05) is 18.2 Å². The number of amides is 4. The number of rotatable bonds is 6. The van der Waals surface area contributed by atoms with Gasteiger partial charge in [-0.3, -0.25) is 24.6 Å². The van der Waals surface area contributed by atoms with Crippen LogP contribution >= 0.6 is 0 Å². The Labute approximate surface area is 188 Å². The lowest BCUT2D eigenvalue weighted by Gasteiger charge is -2.23. The van der Waals surface area contributed by atoms with Gasteiger partial charge in [0.15, 0.2) is 11.5 Å². The van der Waals surface area contributed by atoms with Gasteiger partial charge in [0, 0.05) is 12.1 Å². The molecular formula is C22H22N4O7. The SMILES string of the molecule is CC(NC(=O)CN1C(=O)NC(C)(c2cccc([N+](=O)[O-])c2)C1=O)c1ccc2c(c1)OCCO2. The molecule has 2 aromatic rings. The van der Waals surface area contributed by atoms with Crippen LogP contribution in [0.25, 0.3) is 0 Å². The second kappa shape index (κ2) is 8.41. The molecule has 4 rings (SSSR count). The first-order valence-electron chi connectivity index (χ1n) is 10.3. The van der Waals surface area contributed by atoms with Crippen molar-refractivity contribution in [2.24, 2.45) is 0 Å². The molecule has 2 N–H and O–H groups in total. The van der Waals surface area contributed by atoms with Crippen LogP contribution in [0.2, 0.25) is 0 Å². The van der Waals surface area contributed by atoms with Crippen LogP contribution < -0.4 is 20.1 Å². The number of nitro groups is 1. The van der Waals surface area contributed by atoms with Crippen molar-refractivity contribution in [3.05, 3.63) is 63.7 Å². The molecule has 2 heterocycles. The van der Waals surface area contributed by atoms with E-state index in [0.717, 1.165) is 10.5 Å². The fourth-order valence-electron chi connectivity index (χ4n) is 3.81. The van der Waals surface area contributed by atoms with Crippen molar-refractivity contribution in [1.82, 2.24) is 15.5 Å². The molecule has 33 heavy (non-hydrogen) atoms. The van der Waals surface area contributed by atoms with Gasteiger partial charge in [0.25, 0.3) is 11.6 Å². The molecule has 2 unspecified atom stereocenters. The average Bonchev–Trinajstić information content (AvgIpc) is 3.02. The standard InChI is InChI=1S/C22H22N4O7/c1-13(14-6-7-17-18(10-14)33-9-8-32-17)23-19(27)12-25-20(28)22(2,24-21(25)29)15-4-3-5-16(11-15)26(30)31/h3-7,10-11,13H,8-9,12H2,1-2H3,(H,23,27)(H,24,29). The molecule has 1 saturated heterocycles. The third-order valence-corrected chi connectivity index (χ3v) is 5.65. The Morgan fingerprint density at radius 1 is 1.21 bits per heavy atom. The highest BCUT2D eigenvalue weighted by atomic mass is 16.6. The van der Waals surface area contributed by atoms with Gasteiger partial charge in [-0.15, -0.1) is 0 Å². The Morgan fingerprint density at radius 3 is 2.67 bits per heavy atom. The first-order valence-corrected chi connectivity index (χ1v) is 10.3. The lowest BCUT2D eigenvalue weighted by Crippen LogP contribution is -2.43. The van der Waals surface area contributed by atoms with Gasteiger partial charge in [0.1, 0.15) is 25.3 Å².